The largest absolute Gasteiger partial charge is 0.346 e. The number of imidazole rings is 1. The van der Waals surface area contributed by atoms with Crippen molar-refractivity contribution in [3.05, 3.63) is 42.2 Å². The molecule has 2 aromatic rings. The number of nitrogens with one attached hydrogen (secondary N) is 1. The Balaban J connectivity index is 2.11. The molecule has 0 aliphatic rings. The van der Waals surface area contributed by atoms with Crippen molar-refractivity contribution in [1.82, 2.24) is 19.4 Å². The van der Waals surface area contributed by atoms with Gasteiger partial charge in [-0.3, -0.25) is 4.57 Å². The molecule has 4 nitrogen and oxygen atoms in total. The van der Waals surface area contributed by atoms with Gasteiger partial charge >= 0.3 is 6.55 Å². The van der Waals surface area contributed by atoms with Gasteiger partial charge in [-0.05, 0) is 25.1 Å². The quantitative estimate of drug-likeness (QED) is 0.846. The minimum absolute atomic E-state index is 0.302. The molecule has 2 rings (SSSR count). The molecule has 2 aromatic heterocycles. The van der Waals surface area contributed by atoms with Gasteiger partial charge in [-0.1, -0.05) is 13.3 Å². The van der Waals surface area contributed by atoms with Crippen LogP contribution in [-0.2, 0) is 6.54 Å². The molecule has 0 fully saturated rings. The third-order valence-corrected chi connectivity index (χ3v) is 3.38. The lowest BCUT2D eigenvalue weighted by Gasteiger charge is -2.13. The summed E-state index contributed by atoms with van der Waals surface area (Å²) < 4.78 is 28.3. The van der Waals surface area contributed by atoms with E-state index in [1.165, 1.54) is 18.0 Å². The van der Waals surface area contributed by atoms with Gasteiger partial charge in [0.2, 0.25) is 0 Å². The van der Waals surface area contributed by atoms with Crippen LogP contribution in [0.4, 0.5) is 8.78 Å². The Labute approximate surface area is 117 Å². The zero-order valence-corrected chi connectivity index (χ0v) is 11.8. The highest BCUT2D eigenvalue weighted by atomic mass is 19.3. The van der Waals surface area contributed by atoms with E-state index in [4.69, 9.17) is 0 Å². The molecule has 1 N–H and O–H groups in total. The first-order valence-corrected chi connectivity index (χ1v) is 6.78. The maximum Gasteiger partial charge on any atom is 0.319 e. The van der Waals surface area contributed by atoms with E-state index in [0.29, 0.717) is 18.4 Å². The van der Waals surface area contributed by atoms with Crippen LogP contribution in [-0.4, -0.2) is 21.2 Å². The predicted molar refractivity (Wildman–Crippen MR) is 73.7 cm³/mol. The first kappa shape index (κ1) is 14.7. The Hall–Kier alpha value is -1.69. The van der Waals surface area contributed by atoms with Crippen molar-refractivity contribution < 1.29 is 8.78 Å². The second kappa shape index (κ2) is 6.65. The fourth-order valence-electron chi connectivity index (χ4n) is 2.34. The lowest BCUT2D eigenvalue weighted by atomic mass is 10.1. The smallest absolute Gasteiger partial charge is 0.319 e. The summed E-state index contributed by atoms with van der Waals surface area (Å²) in [6.45, 7) is -0.0617. The number of halogens is 2. The first-order valence-electron chi connectivity index (χ1n) is 6.78. The van der Waals surface area contributed by atoms with E-state index in [1.807, 2.05) is 30.1 Å². The molecule has 0 aliphatic carbocycles. The standard InChI is InChI=1S/C14H20F2N4/c1-3-4-12(17-2)11-5-7-19(9-11)10-13-18-6-8-20(13)14(15)16/h5-9,12,14,17H,3-4,10H2,1-2H3. The molecule has 0 amide bonds. The van der Waals surface area contributed by atoms with Crippen molar-refractivity contribution in [2.45, 2.75) is 38.9 Å². The molecule has 0 bridgehead atoms. The number of hydrogen-bond acceptors (Lipinski definition) is 2. The van der Waals surface area contributed by atoms with Crippen LogP contribution in [0.25, 0.3) is 0 Å². The number of hydrogen-bond donors (Lipinski definition) is 1. The number of aromatic nitrogens is 3. The van der Waals surface area contributed by atoms with E-state index >= 15 is 0 Å². The first-order chi connectivity index (χ1) is 9.65. The third kappa shape index (κ3) is 3.25. The average Bonchev–Trinajstić information content (AvgIpc) is 3.05. The minimum atomic E-state index is -2.55. The fourth-order valence-corrected chi connectivity index (χ4v) is 2.34. The lowest BCUT2D eigenvalue weighted by Crippen LogP contribution is -2.15. The molecule has 20 heavy (non-hydrogen) atoms. The highest BCUT2D eigenvalue weighted by Gasteiger charge is 2.13. The lowest BCUT2D eigenvalue weighted by molar-refractivity contribution is 0.0667. The Bertz CT molecular complexity index is 533. The molecule has 1 unspecified atom stereocenters. The normalized spacial score (nSPS) is 13.1. The summed E-state index contributed by atoms with van der Waals surface area (Å²) in [6, 6.07) is 2.32. The molecular weight excluding hydrogens is 262 g/mol. The monoisotopic (exact) mass is 282 g/mol. The van der Waals surface area contributed by atoms with Gasteiger partial charge in [0.1, 0.15) is 5.82 Å². The van der Waals surface area contributed by atoms with Crippen LogP contribution in [0.5, 0.6) is 0 Å². The van der Waals surface area contributed by atoms with Crippen LogP contribution in [0.15, 0.2) is 30.9 Å². The Morgan fingerprint density at radius 3 is 2.80 bits per heavy atom. The van der Waals surface area contributed by atoms with Crippen LogP contribution in [0.1, 0.15) is 43.7 Å². The molecule has 6 heteroatoms. The van der Waals surface area contributed by atoms with Gasteiger partial charge in [-0.15, -0.1) is 0 Å². The van der Waals surface area contributed by atoms with Crippen molar-refractivity contribution in [2.75, 3.05) is 7.05 Å². The van der Waals surface area contributed by atoms with Crippen molar-refractivity contribution in [3.63, 3.8) is 0 Å². The van der Waals surface area contributed by atoms with E-state index in [1.54, 1.807) is 0 Å². The van der Waals surface area contributed by atoms with E-state index < -0.39 is 6.55 Å². The van der Waals surface area contributed by atoms with E-state index in [-0.39, 0.29) is 0 Å². The third-order valence-electron chi connectivity index (χ3n) is 3.38. The van der Waals surface area contributed by atoms with E-state index in [2.05, 4.69) is 17.2 Å². The summed E-state index contributed by atoms with van der Waals surface area (Å²) in [5, 5.41) is 3.27. The Kier molecular flexibility index (Phi) is 4.89. The van der Waals surface area contributed by atoms with Crippen molar-refractivity contribution in [2.24, 2.45) is 0 Å². The predicted octanol–water partition coefficient (Wildman–Crippen LogP) is 3.19. The van der Waals surface area contributed by atoms with E-state index in [0.717, 1.165) is 17.4 Å². The number of alkyl halides is 2. The summed E-state index contributed by atoms with van der Waals surface area (Å²) in [6.07, 6.45) is 8.73. The average molecular weight is 282 g/mol. The van der Waals surface area contributed by atoms with Gasteiger partial charge in [0, 0.05) is 30.8 Å². The summed E-state index contributed by atoms with van der Waals surface area (Å²) in [5.41, 5.74) is 1.17. The molecule has 0 saturated carbocycles. The summed E-state index contributed by atoms with van der Waals surface area (Å²) >= 11 is 0. The molecule has 0 spiro atoms. The van der Waals surface area contributed by atoms with Crippen LogP contribution < -0.4 is 5.32 Å². The van der Waals surface area contributed by atoms with Crippen LogP contribution in [0.2, 0.25) is 0 Å². The second-order valence-corrected chi connectivity index (χ2v) is 4.78. The fraction of sp³-hybridized carbons (Fsp3) is 0.500. The van der Waals surface area contributed by atoms with E-state index in [9.17, 15) is 8.78 Å². The topological polar surface area (TPSA) is 34.8 Å². The van der Waals surface area contributed by atoms with Gasteiger partial charge in [0.25, 0.3) is 0 Å². The van der Waals surface area contributed by atoms with Gasteiger partial charge in [-0.25, -0.2) is 4.98 Å². The van der Waals surface area contributed by atoms with Gasteiger partial charge in [-0.2, -0.15) is 8.78 Å². The molecule has 110 valence electrons. The van der Waals surface area contributed by atoms with Gasteiger partial charge < -0.3 is 9.88 Å². The molecule has 2 heterocycles. The van der Waals surface area contributed by atoms with Crippen LogP contribution in [0.3, 0.4) is 0 Å². The zero-order valence-electron chi connectivity index (χ0n) is 11.8. The van der Waals surface area contributed by atoms with Gasteiger partial charge in [0.15, 0.2) is 0 Å². The maximum atomic E-state index is 12.8. The SMILES string of the molecule is CCCC(NC)c1ccn(Cc2nccn2C(F)F)c1. The summed E-state index contributed by atoms with van der Waals surface area (Å²) in [7, 11) is 1.93. The number of nitrogens with zero attached hydrogens (tertiary/aromatic N) is 3. The van der Waals surface area contributed by atoms with Gasteiger partial charge in [0.05, 0.1) is 6.54 Å². The molecule has 0 aliphatic heterocycles. The van der Waals surface area contributed by atoms with Crippen LogP contribution in [0, 0.1) is 0 Å². The molecule has 0 aromatic carbocycles. The molecule has 0 saturated heterocycles. The van der Waals surface area contributed by atoms with Crippen molar-refractivity contribution in [3.8, 4) is 0 Å². The molecular formula is C14H20F2N4. The minimum Gasteiger partial charge on any atom is -0.346 e. The van der Waals surface area contributed by atoms with Crippen molar-refractivity contribution in [1.29, 1.82) is 0 Å². The zero-order chi connectivity index (χ0) is 14.5. The van der Waals surface area contributed by atoms with Crippen LogP contribution >= 0.6 is 0 Å². The maximum absolute atomic E-state index is 12.8. The summed E-state index contributed by atoms with van der Waals surface area (Å²) in [4.78, 5) is 3.99. The highest BCUT2D eigenvalue weighted by Crippen LogP contribution is 2.19. The highest BCUT2D eigenvalue weighted by molar-refractivity contribution is 5.16. The Morgan fingerprint density at radius 2 is 2.15 bits per heavy atom. The van der Waals surface area contributed by atoms with Crippen molar-refractivity contribution >= 4 is 0 Å². The Morgan fingerprint density at radius 1 is 1.35 bits per heavy atom. The second-order valence-electron chi connectivity index (χ2n) is 4.78. The molecule has 0 radical (unpaired) electrons. The summed E-state index contributed by atoms with van der Waals surface area (Å²) in [5.74, 6) is 0.360. The molecule has 1 atom stereocenters. The number of rotatable bonds is 7.